The standard InChI is InChI=1S/C21H30N2O6S/c1-16(20(24)22-15-17-6-3-2-4-7-17)29-21(25)18-8-5-9-19(14-18)30(26,27)23-10-12-28-13-11-23/h5,8-9,14,16-17H,2-4,6-7,10-13,15H2,1H3,(H,22,24)/t16-/m0/s1. The molecule has 1 saturated carbocycles. The Morgan fingerprint density at radius 2 is 1.90 bits per heavy atom. The van der Waals surface area contributed by atoms with E-state index in [2.05, 4.69) is 5.32 Å². The highest BCUT2D eigenvalue weighted by Gasteiger charge is 2.27. The highest BCUT2D eigenvalue weighted by molar-refractivity contribution is 7.89. The Bertz CT molecular complexity index is 845. The summed E-state index contributed by atoms with van der Waals surface area (Å²) >= 11 is 0. The average molecular weight is 439 g/mol. The molecule has 1 amide bonds. The van der Waals surface area contributed by atoms with Gasteiger partial charge in [-0.05, 0) is 43.9 Å². The maximum Gasteiger partial charge on any atom is 0.338 e. The Morgan fingerprint density at radius 3 is 2.60 bits per heavy atom. The minimum atomic E-state index is -3.72. The lowest BCUT2D eigenvalue weighted by Gasteiger charge is -2.26. The molecule has 1 aromatic rings. The van der Waals surface area contributed by atoms with Crippen LogP contribution < -0.4 is 5.32 Å². The first-order chi connectivity index (χ1) is 14.4. The largest absolute Gasteiger partial charge is 0.449 e. The van der Waals surface area contributed by atoms with Gasteiger partial charge in [-0.1, -0.05) is 25.3 Å². The molecule has 1 aliphatic carbocycles. The van der Waals surface area contributed by atoms with Crippen molar-refractivity contribution in [1.29, 1.82) is 0 Å². The van der Waals surface area contributed by atoms with Crippen molar-refractivity contribution in [2.75, 3.05) is 32.8 Å². The highest BCUT2D eigenvalue weighted by atomic mass is 32.2. The number of rotatable bonds is 7. The summed E-state index contributed by atoms with van der Waals surface area (Å²) in [5, 5.41) is 2.86. The van der Waals surface area contributed by atoms with E-state index in [1.165, 1.54) is 54.8 Å². The van der Waals surface area contributed by atoms with Crippen LogP contribution in [0, 0.1) is 5.92 Å². The Balaban J connectivity index is 1.58. The quantitative estimate of drug-likeness (QED) is 0.653. The molecule has 8 nitrogen and oxygen atoms in total. The molecule has 166 valence electrons. The fourth-order valence-corrected chi connectivity index (χ4v) is 5.24. The van der Waals surface area contributed by atoms with E-state index in [-0.39, 0.29) is 29.5 Å². The SMILES string of the molecule is C[C@H](OC(=O)c1cccc(S(=O)(=O)N2CCOCC2)c1)C(=O)NCC1CCCCC1. The lowest BCUT2D eigenvalue weighted by molar-refractivity contribution is -0.129. The first kappa shape index (κ1) is 22.7. The van der Waals surface area contributed by atoms with Crippen molar-refractivity contribution in [1.82, 2.24) is 9.62 Å². The number of carbonyl (C=O) groups is 2. The van der Waals surface area contributed by atoms with Crippen LogP contribution in [0.15, 0.2) is 29.2 Å². The van der Waals surface area contributed by atoms with E-state index < -0.39 is 22.1 Å². The normalized spacial score (nSPS) is 19.8. The number of nitrogens with zero attached hydrogens (tertiary/aromatic N) is 1. The van der Waals surface area contributed by atoms with Crippen LogP contribution in [0.1, 0.15) is 49.4 Å². The van der Waals surface area contributed by atoms with E-state index in [4.69, 9.17) is 9.47 Å². The van der Waals surface area contributed by atoms with Gasteiger partial charge in [0.15, 0.2) is 6.10 Å². The summed E-state index contributed by atoms with van der Waals surface area (Å²) < 4.78 is 37.4. The highest BCUT2D eigenvalue weighted by Crippen LogP contribution is 2.23. The second kappa shape index (κ2) is 10.4. The molecule has 0 radical (unpaired) electrons. The number of esters is 1. The number of sulfonamides is 1. The molecule has 0 aromatic heterocycles. The van der Waals surface area contributed by atoms with Gasteiger partial charge in [-0.15, -0.1) is 0 Å². The van der Waals surface area contributed by atoms with Crippen LogP contribution in [0.5, 0.6) is 0 Å². The van der Waals surface area contributed by atoms with Crippen LogP contribution in [0.3, 0.4) is 0 Å². The number of benzene rings is 1. The zero-order chi connectivity index (χ0) is 21.6. The van der Waals surface area contributed by atoms with Gasteiger partial charge in [-0.2, -0.15) is 4.31 Å². The Hall–Kier alpha value is -1.97. The van der Waals surface area contributed by atoms with Crippen LogP contribution in [-0.4, -0.2) is 63.6 Å². The third-order valence-electron chi connectivity index (χ3n) is 5.62. The minimum Gasteiger partial charge on any atom is -0.449 e. The van der Waals surface area contributed by atoms with Gasteiger partial charge in [0.25, 0.3) is 5.91 Å². The van der Waals surface area contributed by atoms with Crippen molar-refractivity contribution in [3.8, 4) is 0 Å². The molecule has 1 saturated heterocycles. The summed E-state index contributed by atoms with van der Waals surface area (Å²) in [6.45, 7) is 3.34. The predicted molar refractivity (Wildman–Crippen MR) is 110 cm³/mol. The van der Waals surface area contributed by atoms with Gasteiger partial charge in [-0.3, -0.25) is 4.79 Å². The molecule has 1 heterocycles. The van der Waals surface area contributed by atoms with Gasteiger partial charge in [0.1, 0.15) is 0 Å². The van der Waals surface area contributed by atoms with Crippen molar-refractivity contribution >= 4 is 21.9 Å². The number of morpholine rings is 1. The molecule has 0 spiro atoms. The molecule has 2 fully saturated rings. The molecule has 1 atom stereocenters. The van der Waals surface area contributed by atoms with E-state index in [0.717, 1.165) is 12.8 Å². The molecular weight excluding hydrogens is 408 g/mol. The predicted octanol–water partition coefficient (Wildman–Crippen LogP) is 1.95. The van der Waals surface area contributed by atoms with Crippen molar-refractivity contribution in [3.63, 3.8) is 0 Å². The van der Waals surface area contributed by atoms with Gasteiger partial charge < -0.3 is 14.8 Å². The zero-order valence-corrected chi connectivity index (χ0v) is 18.2. The zero-order valence-electron chi connectivity index (χ0n) is 17.3. The van der Waals surface area contributed by atoms with Gasteiger partial charge in [-0.25, -0.2) is 13.2 Å². The van der Waals surface area contributed by atoms with E-state index in [0.29, 0.717) is 25.7 Å². The second-order valence-electron chi connectivity index (χ2n) is 7.84. The van der Waals surface area contributed by atoms with Gasteiger partial charge in [0.05, 0.1) is 23.7 Å². The van der Waals surface area contributed by atoms with Gasteiger partial charge in [0.2, 0.25) is 10.0 Å². The number of ether oxygens (including phenoxy) is 2. The molecule has 9 heteroatoms. The van der Waals surface area contributed by atoms with Crippen molar-refractivity contribution in [3.05, 3.63) is 29.8 Å². The summed E-state index contributed by atoms with van der Waals surface area (Å²) in [5.74, 6) is -0.590. The van der Waals surface area contributed by atoms with E-state index in [1.807, 2.05) is 0 Å². The smallest absolute Gasteiger partial charge is 0.338 e. The Labute approximate surface area is 178 Å². The van der Waals surface area contributed by atoms with Crippen LogP contribution in [0.2, 0.25) is 0 Å². The topological polar surface area (TPSA) is 102 Å². The monoisotopic (exact) mass is 438 g/mol. The molecule has 2 aliphatic rings. The second-order valence-corrected chi connectivity index (χ2v) is 9.78. The first-order valence-electron chi connectivity index (χ1n) is 10.5. The van der Waals surface area contributed by atoms with Crippen molar-refractivity contribution < 1.29 is 27.5 Å². The molecule has 1 aromatic carbocycles. The summed E-state index contributed by atoms with van der Waals surface area (Å²) in [5.41, 5.74) is 0.0938. The van der Waals surface area contributed by atoms with Crippen LogP contribution in [0.25, 0.3) is 0 Å². The average Bonchev–Trinajstić information content (AvgIpc) is 2.78. The molecular formula is C21H30N2O6S. The number of hydrogen-bond donors (Lipinski definition) is 1. The summed E-state index contributed by atoms with van der Waals surface area (Å²) in [7, 11) is -3.72. The fourth-order valence-electron chi connectivity index (χ4n) is 3.78. The molecule has 30 heavy (non-hydrogen) atoms. The lowest BCUT2D eigenvalue weighted by atomic mass is 9.89. The summed E-state index contributed by atoms with van der Waals surface area (Å²) in [6.07, 6.45) is 4.89. The summed E-state index contributed by atoms with van der Waals surface area (Å²) in [6, 6.07) is 5.72. The lowest BCUT2D eigenvalue weighted by Crippen LogP contribution is -2.40. The number of carbonyl (C=O) groups excluding carboxylic acids is 2. The minimum absolute atomic E-state index is 0.0215. The molecule has 3 rings (SSSR count). The van der Waals surface area contributed by atoms with Crippen LogP contribution in [0.4, 0.5) is 0 Å². The Kier molecular flexibility index (Phi) is 7.85. The van der Waals surface area contributed by atoms with Gasteiger partial charge in [0, 0.05) is 19.6 Å². The maximum atomic E-state index is 12.8. The van der Waals surface area contributed by atoms with Crippen molar-refractivity contribution in [2.24, 2.45) is 5.92 Å². The maximum absolute atomic E-state index is 12.8. The summed E-state index contributed by atoms with van der Waals surface area (Å²) in [4.78, 5) is 24.8. The van der Waals surface area contributed by atoms with Gasteiger partial charge >= 0.3 is 5.97 Å². The molecule has 1 aliphatic heterocycles. The van der Waals surface area contributed by atoms with Crippen LogP contribution in [-0.2, 0) is 24.3 Å². The Morgan fingerprint density at radius 1 is 1.20 bits per heavy atom. The van der Waals surface area contributed by atoms with E-state index >= 15 is 0 Å². The number of nitrogens with one attached hydrogen (secondary N) is 1. The first-order valence-corrected chi connectivity index (χ1v) is 12.0. The molecule has 0 unspecified atom stereocenters. The third kappa shape index (κ3) is 5.80. The van der Waals surface area contributed by atoms with Crippen LogP contribution >= 0.6 is 0 Å². The third-order valence-corrected chi connectivity index (χ3v) is 7.51. The number of hydrogen-bond acceptors (Lipinski definition) is 6. The van der Waals surface area contributed by atoms with E-state index in [1.54, 1.807) is 0 Å². The van der Waals surface area contributed by atoms with E-state index in [9.17, 15) is 18.0 Å². The fraction of sp³-hybridized carbons (Fsp3) is 0.619. The number of amides is 1. The molecule has 0 bridgehead atoms. The van der Waals surface area contributed by atoms with Crippen molar-refractivity contribution in [2.45, 2.75) is 50.0 Å². The molecule has 1 N–H and O–H groups in total.